The van der Waals surface area contributed by atoms with Crippen molar-refractivity contribution in [2.45, 2.75) is 26.5 Å². The Kier molecular flexibility index (Phi) is 7.12. The zero-order chi connectivity index (χ0) is 20.0. The minimum absolute atomic E-state index is 0.0144. The number of ether oxygens (including phenoxy) is 1. The Bertz CT molecular complexity index is 781. The van der Waals surface area contributed by atoms with Crippen LogP contribution in [0.25, 0.3) is 0 Å². The zero-order valence-corrected chi connectivity index (χ0v) is 15.5. The molecule has 0 aliphatic rings. The third-order valence-electron chi connectivity index (χ3n) is 3.69. The van der Waals surface area contributed by atoms with Gasteiger partial charge in [-0.15, -0.1) is 0 Å². The maximum absolute atomic E-state index is 12.5. The fourth-order valence-corrected chi connectivity index (χ4v) is 2.43. The first kappa shape index (κ1) is 20.6. The highest BCUT2D eigenvalue weighted by molar-refractivity contribution is 6.30. The highest BCUT2D eigenvalue weighted by Crippen LogP contribution is 2.18. The van der Waals surface area contributed by atoms with Gasteiger partial charge in [0, 0.05) is 16.3 Å². The maximum Gasteiger partial charge on any atom is 0.387 e. The highest BCUT2D eigenvalue weighted by Gasteiger charge is 2.24. The molecule has 144 valence electrons. The molecule has 2 aromatic carbocycles. The van der Waals surface area contributed by atoms with Crippen molar-refractivity contribution in [1.29, 1.82) is 0 Å². The van der Waals surface area contributed by atoms with Gasteiger partial charge in [0.25, 0.3) is 5.91 Å². The molecule has 2 N–H and O–H groups in total. The molecule has 0 aliphatic carbocycles. The minimum Gasteiger partial charge on any atom is -0.435 e. The Morgan fingerprint density at radius 3 is 2.11 bits per heavy atom. The summed E-state index contributed by atoms with van der Waals surface area (Å²) in [5.74, 6) is -1.02. The van der Waals surface area contributed by atoms with Crippen LogP contribution < -0.4 is 15.4 Å². The van der Waals surface area contributed by atoms with E-state index in [9.17, 15) is 18.4 Å². The van der Waals surface area contributed by atoms with E-state index in [-0.39, 0.29) is 11.7 Å². The molecule has 0 unspecified atom stereocenters. The molecule has 0 spiro atoms. The largest absolute Gasteiger partial charge is 0.435 e. The van der Waals surface area contributed by atoms with E-state index in [1.807, 2.05) is 0 Å². The standard InChI is InChI=1S/C19H19ClF2N2O3/c1-11(2)16(24-17(25)12-3-5-13(20)6-4-12)18(26)23-14-7-9-15(10-8-14)27-19(21)22/h3-11,16,19H,1-2H3,(H,23,26)(H,24,25)/t16-/m0/s1. The number of hydrogen-bond acceptors (Lipinski definition) is 3. The Morgan fingerprint density at radius 1 is 1.00 bits per heavy atom. The number of alkyl halides is 2. The van der Waals surface area contributed by atoms with Gasteiger partial charge in [-0.25, -0.2) is 0 Å². The summed E-state index contributed by atoms with van der Waals surface area (Å²) < 4.78 is 28.6. The molecule has 2 rings (SSSR count). The lowest BCUT2D eigenvalue weighted by Gasteiger charge is -2.22. The number of carbonyl (C=O) groups is 2. The van der Waals surface area contributed by atoms with Crippen LogP contribution in [0.15, 0.2) is 48.5 Å². The SMILES string of the molecule is CC(C)[C@H](NC(=O)c1ccc(Cl)cc1)C(=O)Nc1ccc(OC(F)F)cc1. The van der Waals surface area contributed by atoms with E-state index >= 15 is 0 Å². The van der Waals surface area contributed by atoms with Crippen LogP contribution in [-0.4, -0.2) is 24.5 Å². The summed E-state index contributed by atoms with van der Waals surface area (Å²) in [4.78, 5) is 24.9. The monoisotopic (exact) mass is 396 g/mol. The summed E-state index contributed by atoms with van der Waals surface area (Å²) in [6, 6.07) is 11.0. The second-order valence-corrected chi connectivity index (χ2v) is 6.53. The second kappa shape index (κ2) is 9.32. The molecular weight excluding hydrogens is 378 g/mol. The van der Waals surface area contributed by atoms with Crippen molar-refractivity contribution >= 4 is 29.1 Å². The maximum atomic E-state index is 12.5. The van der Waals surface area contributed by atoms with Crippen molar-refractivity contribution in [1.82, 2.24) is 5.32 Å². The number of amides is 2. The Hall–Kier alpha value is -2.67. The van der Waals surface area contributed by atoms with Gasteiger partial charge < -0.3 is 15.4 Å². The van der Waals surface area contributed by atoms with Gasteiger partial charge in [0.05, 0.1) is 0 Å². The number of hydrogen-bond donors (Lipinski definition) is 2. The van der Waals surface area contributed by atoms with E-state index in [4.69, 9.17) is 11.6 Å². The molecular formula is C19H19ClF2N2O3. The molecule has 0 radical (unpaired) electrons. The van der Waals surface area contributed by atoms with Crippen molar-refractivity contribution in [2.24, 2.45) is 5.92 Å². The topological polar surface area (TPSA) is 67.4 Å². The van der Waals surface area contributed by atoms with Gasteiger partial charge in [-0.1, -0.05) is 25.4 Å². The van der Waals surface area contributed by atoms with Crippen LogP contribution in [-0.2, 0) is 4.79 Å². The molecule has 8 heteroatoms. The molecule has 0 heterocycles. The van der Waals surface area contributed by atoms with Crippen molar-refractivity contribution in [3.63, 3.8) is 0 Å². The average molecular weight is 397 g/mol. The number of anilines is 1. The van der Waals surface area contributed by atoms with Crippen molar-refractivity contribution in [3.05, 3.63) is 59.1 Å². The summed E-state index contributed by atoms with van der Waals surface area (Å²) in [5.41, 5.74) is 0.777. The van der Waals surface area contributed by atoms with Gasteiger partial charge in [-0.3, -0.25) is 9.59 Å². The summed E-state index contributed by atoms with van der Waals surface area (Å²) >= 11 is 5.81. The van der Waals surface area contributed by atoms with Gasteiger partial charge in [0.1, 0.15) is 11.8 Å². The summed E-state index contributed by atoms with van der Waals surface area (Å²) in [6.07, 6.45) is 0. The minimum atomic E-state index is -2.92. The molecule has 0 aromatic heterocycles. The first-order valence-electron chi connectivity index (χ1n) is 8.18. The first-order chi connectivity index (χ1) is 12.8. The summed E-state index contributed by atoms with van der Waals surface area (Å²) in [7, 11) is 0. The van der Waals surface area contributed by atoms with E-state index in [1.165, 1.54) is 24.3 Å². The first-order valence-corrected chi connectivity index (χ1v) is 8.56. The molecule has 0 aliphatic heterocycles. The molecule has 0 fully saturated rings. The van der Waals surface area contributed by atoms with Crippen LogP contribution in [0, 0.1) is 5.92 Å². The molecule has 1 atom stereocenters. The van der Waals surface area contributed by atoms with E-state index in [2.05, 4.69) is 15.4 Å². The quantitative estimate of drug-likeness (QED) is 0.731. The number of rotatable bonds is 7. The van der Waals surface area contributed by atoms with Crippen LogP contribution in [0.2, 0.25) is 5.02 Å². The molecule has 0 bridgehead atoms. The van der Waals surface area contributed by atoms with Crippen LogP contribution >= 0.6 is 11.6 Å². The van der Waals surface area contributed by atoms with Crippen LogP contribution in [0.1, 0.15) is 24.2 Å². The molecule has 27 heavy (non-hydrogen) atoms. The molecule has 0 saturated heterocycles. The van der Waals surface area contributed by atoms with Gasteiger partial charge in [-0.05, 0) is 54.4 Å². The fourth-order valence-electron chi connectivity index (χ4n) is 2.30. The normalized spacial score (nSPS) is 12.0. The predicted molar refractivity (Wildman–Crippen MR) is 99.2 cm³/mol. The van der Waals surface area contributed by atoms with E-state index < -0.39 is 24.5 Å². The predicted octanol–water partition coefficient (Wildman–Crippen LogP) is 4.33. The highest BCUT2D eigenvalue weighted by atomic mass is 35.5. The molecule has 5 nitrogen and oxygen atoms in total. The lowest BCUT2D eigenvalue weighted by atomic mass is 10.0. The number of halogens is 3. The van der Waals surface area contributed by atoms with Crippen molar-refractivity contribution < 1.29 is 23.1 Å². The van der Waals surface area contributed by atoms with Gasteiger partial charge in [-0.2, -0.15) is 8.78 Å². The zero-order valence-electron chi connectivity index (χ0n) is 14.7. The van der Waals surface area contributed by atoms with Crippen LogP contribution in [0.4, 0.5) is 14.5 Å². The summed E-state index contributed by atoms with van der Waals surface area (Å²) in [5, 5.41) is 5.85. The lowest BCUT2D eigenvalue weighted by Crippen LogP contribution is -2.47. The smallest absolute Gasteiger partial charge is 0.387 e. The van der Waals surface area contributed by atoms with Gasteiger partial charge >= 0.3 is 6.61 Å². The third kappa shape index (κ3) is 6.21. The fraction of sp³-hybridized carbons (Fsp3) is 0.263. The lowest BCUT2D eigenvalue weighted by molar-refractivity contribution is -0.118. The van der Waals surface area contributed by atoms with Crippen molar-refractivity contribution in [2.75, 3.05) is 5.32 Å². The third-order valence-corrected chi connectivity index (χ3v) is 3.94. The Morgan fingerprint density at radius 2 is 1.59 bits per heavy atom. The molecule has 2 amide bonds. The molecule has 0 saturated carbocycles. The van der Waals surface area contributed by atoms with E-state index in [0.717, 1.165) is 0 Å². The number of nitrogens with one attached hydrogen (secondary N) is 2. The number of benzene rings is 2. The van der Waals surface area contributed by atoms with Gasteiger partial charge in [0.2, 0.25) is 5.91 Å². The van der Waals surface area contributed by atoms with Gasteiger partial charge in [0.15, 0.2) is 0 Å². The Labute approximate surface area is 160 Å². The van der Waals surface area contributed by atoms with E-state index in [1.54, 1.807) is 38.1 Å². The second-order valence-electron chi connectivity index (χ2n) is 6.09. The van der Waals surface area contributed by atoms with Crippen molar-refractivity contribution in [3.8, 4) is 5.75 Å². The summed E-state index contributed by atoms with van der Waals surface area (Å²) in [6.45, 7) is 0.677. The van der Waals surface area contributed by atoms with Crippen LogP contribution in [0.3, 0.4) is 0 Å². The average Bonchev–Trinajstić information content (AvgIpc) is 2.61. The molecule has 2 aromatic rings. The Balaban J connectivity index is 2.03. The number of carbonyl (C=O) groups excluding carboxylic acids is 2. The van der Waals surface area contributed by atoms with Crippen LogP contribution in [0.5, 0.6) is 5.75 Å². The van der Waals surface area contributed by atoms with E-state index in [0.29, 0.717) is 16.3 Å².